The van der Waals surface area contributed by atoms with E-state index in [1.165, 1.54) is 12.0 Å². The second-order valence-electron chi connectivity index (χ2n) is 4.79. The van der Waals surface area contributed by atoms with Crippen molar-refractivity contribution in [2.24, 2.45) is 0 Å². The largest absolute Gasteiger partial charge is 0.756 e. The van der Waals surface area contributed by atoms with Crippen LogP contribution in [0.2, 0.25) is 0 Å². The van der Waals surface area contributed by atoms with Crippen molar-refractivity contribution in [1.82, 2.24) is 0 Å². The molecule has 0 amide bonds. The van der Waals surface area contributed by atoms with Crippen LogP contribution in [0.1, 0.15) is 24.2 Å². The van der Waals surface area contributed by atoms with Crippen molar-refractivity contribution in [2.75, 3.05) is 39.1 Å². The maximum atomic E-state index is 11.9. The third-order valence-corrected chi connectivity index (χ3v) is 3.13. The van der Waals surface area contributed by atoms with Crippen molar-refractivity contribution >= 4 is 19.5 Å². The minimum Gasteiger partial charge on any atom is -0.756 e. The summed E-state index contributed by atoms with van der Waals surface area (Å²) in [6.07, 6.45) is 0. The summed E-state index contributed by atoms with van der Waals surface area (Å²) in [5.74, 6) is 0.0728. The molecule has 0 aliphatic rings. The second kappa shape index (κ2) is 11.0. The number of carbonyl (C=O) groups excluding carboxylic acids is 1. The highest BCUT2D eigenvalue weighted by Crippen LogP contribution is 2.22. The lowest BCUT2D eigenvalue weighted by atomic mass is 10.2. The first kappa shape index (κ1) is 22.4. The first-order valence-electron chi connectivity index (χ1n) is 7.33. The monoisotopic (exact) mass is 364 g/mol. The quantitative estimate of drug-likeness (QED) is 0.268. The summed E-state index contributed by atoms with van der Waals surface area (Å²) in [6, 6.07) is 4.90. The fourth-order valence-corrected chi connectivity index (χ4v) is 1.85. The highest BCUT2D eigenvalue weighted by molar-refractivity contribution is 7.43. The molecule has 1 aromatic carbocycles. The van der Waals surface area contributed by atoms with E-state index in [9.17, 15) is 4.79 Å². The van der Waals surface area contributed by atoms with Crippen molar-refractivity contribution in [3.05, 3.63) is 23.8 Å². The van der Waals surface area contributed by atoms with Crippen LogP contribution >= 0.6 is 7.82 Å². The van der Waals surface area contributed by atoms with E-state index in [1.807, 2.05) is 0 Å². The molecule has 5 N–H and O–H groups in total. The molecule has 0 saturated carbocycles. The lowest BCUT2D eigenvalue weighted by molar-refractivity contribution is -0.896. The third-order valence-electron chi connectivity index (χ3n) is 3.13. The Morgan fingerprint density at radius 1 is 1.33 bits per heavy atom. The van der Waals surface area contributed by atoms with Gasteiger partial charge in [-0.25, -0.2) is 4.79 Å². The van der Waals surface area contributed by atoms with Crippen molar-refractivity contribution < 1.29 is 38.4 Å². The number of nitrogens with two attached hydrogens (primary N) is 1. The number of methoxy groups -OCH3 is 1. The number of nitrogen functional groups attached to an aromatic ring is 1. The van der Waals surface area contributed by atoms with Gasteiger partial charge in [0.15, 0.2) is 0 Å². The van der Waals surface area contributed by atoms with Gasteiger partial charge < -0.3 is 34.8 Å². The molecule has 0 heterocycles. The maximum absolute atomic E-state index is 11.9. The number of likely N-dealkylation sites (N-methyl/N-ethyl adjacent to an activating group) is 1. The number of hydrogen-bond acceptors (Lipinski definition) is 6. The molecule has 0 radical (unpaired) electrons. The molecule has 9 nitrogen and oxygen atoms in total. The zero-order valence-electron chi connectivity index (χ0n) is 14.0. The Kier molecular flexibility index (Phi) is 10.3. The minimum atomic E-state index is -4.89. The van der Waals surface area contributed by atoms with E-state index >= 15 is 0 Å². The molecule has 0 atom stereocenters. The molecule has 24 heavy (non-hydrogen) atoms. The van der Waals surface area contributed by atoms with Gasteiger partial charge in [-0.2, -0.15) is 0 Å². The van der Waals surface area contributed by atoms with Crippen LogP contribution in [-0.4, -0.2) is 49.1 Å². The van der Waals surface area contributed by atoms with E-state index in [0.717, 1.165) is 19.6 Å². The smallest absolute Gasteiger partial charge is 0.342 e. The molecule has 0 aliphatic carbocycles. The van der Waals surface area contributed by atoms with Gasteiger partial charge in [-0.15, -0.1) is 0 Å². The molecule has 1 aromatic rings. The van der Waals surface area contributed by atoms with Crippen molar-refractivity contribution in [3.8, 4) is 5.75 Å². The average molecular weight is 364 g/mol. The summed E-state index contributed by atoms with van der Waals surface area (Å²) < 4.78 is 19.2. The summed E-state index contributed by atoms with van der Waals surface area (Å²) in [5, 5.41) is 0. The number of carbonyl (C=O) groups is 1. The van der Waals surface area contributed by atoms with Gasteiger partial charge in [-0.1, -0.05) is 0 Å². The molecule has 0 saturated heterocycles. The van der Waals surface area contributed by atoms with Crippen LogP contribution in [0, 0.1) is 0 Å². The Balaban J connectivity index is 0.000000922. The average Bonchev–Trinajstić information content (AvgIpc) is 2.49. The Bertz CT molecular complexity index is 550. The number of esters is 1. The molecule has 1 rings (SSSR count). The summed E-state index contributed by atoms with van der Waals surface area (Å²) in [5.41, 5.74) is 6.61. The Morgan fingerprint density at radius 3 is 2.33 bits per heavy atom. The van der Waals surface area contributed by atoms with E-state index in [4.69, 9.17) is 34.5 Å². The van der Waals surface area contributed by atoms with Gasteiger partial charge in [0.25, 0.3) is 7.82 Å². The number of anilines is 1. The van der Waals surface area contributed by atoms with Gasteiger partial charge in [-0.05, 0) is 26.0 Å². The number of hydrogen-bond donors (Lipinski definition) is 4. The second-order valence-corrected chi connectivity index (χ2v) is 5.77. The predicted molar refractivity (Wildman–Crippen MR) is 86.6 cm³/mol. The third kappa shape index (κ3) is 10.2. The zero-order valence-corrected chi connectivity index (χ0v) is 14.9. The van der Waals surface area contributed by atoms with Gasteiger partial charge in [0.2, 0.25) is 0 Å². The summed E-state index contributed by atoms with van der Waals surface area (Å²) in [7, 11) is -3.38. The van der Waals surface area contributed by atoms with E-state index < -0.39 is 7.82 Å². The summed E-state index contributed by atoms with van der Waals surface area (Å²) in [6.45, 7) is 7.51. The molecular weight excluding hydrogens is 339 g/mol. The highest BCUT2D eigenvalue weighted by Gasteiger charge is 2.14. The normalized spacial score (nSPS) is 10.8. The van der Waals surface area contributed by atoms with E-state index in [0.29, 0.717) is 23.6 Å². The lowest BCUT2D eigenvalue weighted by Crippen LogP contribution is -3.11. The van der Waals surface area contributed by atoms with Gasteiger partial charge in [-0.3, -0.25) is 4.57 Å². The van der Waals surface area contributed by atoms with Crippen LogP contribution in [0.5, 0.6) is 5.75 Å². The predicted octanol–water partition coefficient (Wildman–Crippen LogP) is -1.20. The van der Waals surface area contributed by atoms with Gasteiger partial charge in [0, 0.05) is 11.8 Å². The van der Waals surface area contributed by atoms with Crippen molar-refractivity contribution in [1.29, 1.82) is 0 Å². The van der Waals surface area contributed by atoms with Crippen LogP contribution in [0.15, 0.2) is 18.2 Å². The van der Waals surface area contributed by atoms with Crippen LogP contribution in [0.3, 0.4) is 0 Å². The van der Waals surface area contributed by atoms with Crippen LogP contribution < -0.4 is 20.3 Å². The number of rotatable bonds is 7. The SMILES string of the molecule is CC[NH+](CC)CCOC(=O)c1ccc(N)cc1OC.O=P([O-])(O)O. The lowest BCUT2D eigenvalue weighted by Gasteiger charge is -2.15. The Labute approximate surface area is 141 Å². The fraction of sp³-hybridized carbons (Fsp3) is 0.500. The van der Waals surface area contributed by atoms with Crippen molar-refractivity contribution in [2.45, 2.75) is 13.8 Å². The van der Waals surface area contributed by atoms with E-state index in [1.54, 1.807) is 18.2 Å². The first-order valence-corrected chi connectivity index (χ1v) is 8.86. The van der Waals surface area contributed by atoms with E-state index in [2.05, 4.69) is 13.8 Å². The molecule has 0 fully saturated rings. The Morgan fingerprint density at radius 2 is 1.88 bits per heavy atom. The van der Waals surface area contributed by atoms with Gasteiger partial charge >= 0.3 is 5.97 Å². The molecule has 0 bridgehead atoms. The van der Waals surface area contributed by atoms with Crippen LogP contribution in [0.25, 0.3) is 0 Å². The van der Waals surface area contributed by atoms with Crippen molar-refractivity contribution in [3.63, 3.8) is 0 Å². The number of quaternary nitrogens is 1. The highest BCUT2D eigenvalue weighted by atomic mass is 31.2. The fourth-order valence-electron chi connectivity index (χ4n) is 1.85. The summed E-state index contributed by atoms with van der Waals surface area (Å²) >= 11 is 0. The van der Waals surface area contributed by atoms with Crippen LogP contribution in [0.4, 0.5) is 5.69 Å². The summed E-state index contributed by atoms with van der Waals surface area (Å²) in [4.78, 5) is 36.3. The molecule has 0 unspecified atom stereocenters. The number of nitrogens with one attached hydrogen (secondary N) is 1. The molecule has 0 aromatic heterocycles. The molecule has 138 valence electrons. The zero-order chi connectivity index (χ0) is 18.8. The molecular formula is C14H25N2O7P. The topological polar surface area (TPSA) is 147 Å². The molecule has 0 spiro atoms. The molecule has 0 aliphatic heterocycles. The molecule has 10 heteroatoms. The number of phosphoric acid groups is 1. The standard InChI is InChI=1S/C14H22N2O3.H3O4P/c1-4-16(5-2)8-9-19-14(17)12-7-6-11(15)10-13(12)18-3;1-5(2,3)4/h6-7,10H,4-5,8-9,15H2,1-3H3;(H3,1,2,3,4). The maximum Gasteiger partial charge on any atom is 0.342 e. The Hall–Kier alpha value is -1.64. The number of ether oxygens (including phenoxy) is 2. The van der Waals surface area contributed by atoms with Crippen LogP contribution in [-0.2, 0) is 9.30 Å². The number of benzene rings is 1. The van der Waals surface area contributed by atoms with E-state index in [-0.39, 0.29) is 5.97 Å². The first-order chi connectivity index (χ1) is 11.1. The van der Waals surface area contributed by atoms with Gasteiger partial charge in [0.05, 0.1) is 20.2 Å². The van der Waals surface area contributed by atoms with Gasteiger partial charge in [0.1, 0.15) is 24.5 Å². The minimum absolute atomic E-state index is 0.372.